The molecule has 0 spiro atoms. The minimum Gasteiger partial charge on any atom is -0.478 e. The third-order valence-electron chi connectivity index (χ3n) is 1.71. The maximum atomic E-state index is 10.7. The monoisotopic (exact) mass is 188 g/mol. The fourth-order valence-corrected chi connectivity index (χ4v) is 1.08. The standard InChI is InChI=1S/C10H6NO3/c12-10(13)8-3-1-2-7(6-8)9-11-4-5-14-9/h1,3-6H,(H,12,13). The highest BCUT2D eigenvalue weighted by Gasteiger charge is 2.07. The molecule has 2 aromatic rings. The van der Waals surface area contributed by atoms with Crippen LogP contribution in [0.4, 0.5) is 0 Å². The molecule has 2 rings (SSSR count). The highest BCUT2D eigenvalue weighted by Crippen LogP contribution is 2.17. The van der Waals surface area contributed by atoms with Gasteiger partial charge >= 0.3 is 5.97 Å². The lowest BCUT2D eigenvalue weighted by atomic mass is 10.1. The Balaban J connectivity index is 2.46. The molecule has 4 nitrogen and oxygen atoms in total. The summed E-state index contributed by atoms with van der Waals surface area (Å²) in [7, 11) is 0. The minimum absolute atomic E-state index is 0.192. The molecule has 1 aromatic heterocycles. The van der Waals surface area contributed by atoms with Gasteiger partial charge in [0, 0.05) is 5.56 Å². The van der Waals surface area contributed by atoms with E-state index in [-0.39, 0.29) is 5.56 Å². The van der Waals surface area contributed by atoms with Gasteiger partial charge in [-0.25, -0.2) is 9.78 Å². The van der Waals surface area contributed by atoms with Gasteiger partial charge in [0.2, 0.25) is 5.89 Å². The van der Waals surface area contributed by atoms with Crippen LogP contribution in [-0.2, 0) is 0 Å². The first-order valence-electron chi connectivity index (χ1n) is 3.92. The number of carboxylic acid groups (broad SMARTS) is 1. The van der Waals surface area contributed by atoms with E-state index in [1.165, 1.54) is 30.7 Å². The van der Waals surface area contributed by atoms with Crippen LogP contribution in [0.3, 0.4) is 0 Å². The zero-order valence-corrected chi connectivity index (χ0v) is 7.10. The smallest absolute Gasteiger partial charge is 0.335 e. The van der Waals surface area contributed by atoms with Gasteiger partial charge in [0.05, 0.1) is 11.8 Å². The van der Waals surface area contributed by atoms with E-state index in [1.807, 2.05) is 0 Å². The summed E-state index contributed by atoms with van der Waals surface area (Å²) in [4.78, 5) is 14.6. The maximum Gasteiger partial charge on any atom is 0.335 e. The van der Waals surface area contributed by atoms with E-state index in [9.17, 15) is 4.79 Å². The molecular weight excluding hydrogens is 182 g/mol. The molecule has 14 heavy (non-hydrogen) atoms. The highest BCUT2D eigenvalue weighted by molar-refractivity contribution is 5.88. The SMILES string of the molecule is O=C(O)c1cc[c]c(-c2ncco2)c1. The van der Waals surface area contributed by atoms with Crippen molar-refractivity contribution < 1.29 is 14.3 Å². The Morgan fingerprint density at radius 2 is 2.43 bits per heavy atom. The van der Waals surface area contributed by atoms with Crippen molar-refractivity contribution in [2.24, 2.45) is 0 Å². The van der Waals surface area contributed by atoms with Crippen molar-refractivity contribution >= 4 is 5.97 Å². The van der Waals surface area contributed by atoms with Crippen LogP contribution in [-0.4, -0.2) is 16.1 Å². The number of carbonyl (C=O) groups is 1. The van der Waals surface area contributed by atoms with Gasteiger partial charge in [0.25, 0.3) is 0 Å². The molecular formula is C10H6NO3. The summed E-state index contributed by atoms with van der Waals surface area (Å²) in [6, 6.07) is 7.31. The molecule has 4 heteroatoms. The molecule has 0 aliphatic rings. The summed E-state index contributed by atoms with van der Waals surface area (Å²) in [5.74, 6) is -0.611. The van der Waals surface area contributed by atoms with Gasteiger partial charge in [-0.3, -0.25) is 0 Å². The number of carboxylic acids is 1. The summed E-state index contributed by atoms with van der Waals surface area (Å²) < 4.78 is 5.02. The summed E-state index contributed by atoms with van der Waals surface area (Å²) in [5, 5.41) is 8.74. The van der Waals surface area contributed by atoms with Crippen LogP contribution < -0.4 is 0 Å². The largest absolute Gasteiger partial charge is 0.478 e. The van der Waals surface area contributed by atoms with E-state index in [2.05, 4.69) is 11.1 Å². The number of rotatable bonds is 2. The van der Waals surface area contributed by atoms with Crippen LogP contribution >= 0.6 is 0 Å². The molecule has 0 fully saturated rings. The lowest BCUT2D eigenvalue weighted by Crippen LogP contribution is -1.95. The molecule has 1 radical (unpaired) electrons. The van der Waals surface area contributed by atoms with Crippen molar-refractivity contribution in [1.29, 1.82) is 0 Å². The first-order chi connectivity index (χ1) is 6.77. The number of hydrogen-bond donors (Lipinski definition) is 1. The molecule has 0 unspecified atom stereocenters. The Hall–Kier alpha value is -2.10. The number of aromatic carboxylic acids is 1. The first-order valence-corrected chi connectivity index (χ1v) is 3.92. The first kappa shape index (κ1) is 8.50. The minimum atomic E-state index is -0.980. The van der Waals surface area contributed by atoms with E-state index < -0.39 is 5.97 Å². The fourth-order valence-electron chi connectivity index (χ4n) is 1.08. The Morgan fingerprint density at radius 3 is 3.07 bits per heavy atom. The summed E-state index contributed by atoms with van der Waals surface area (Å²) in [6.07, 6.45) is 2.92. The molecule has 0 aliphatic carbocycles. The topological polar surface area (TPSA) is 63.3 Å². The molecule has 0 atom stereocenters. The summed E-state index contributed by atoms with van der Waals surface area (Å²) in [5.41, 5.74) is 0.729. The van der Waals surface area contributed by atoms with Crippen LogP contribution in [0.1, 0.15) is 10.4 Å². The van der Waals surface area contributed by atoms with Gasteiger partial charge in [0.15, 0.2) is 0 Å². The fraction of sp³-hybridized carbons (Fsp3) is 0. The molecule has 1 aromatic carbocycles. The average Bonchev–Trinajstić information content (AvgIpc) is 2.71. The maximum absolute atomic E-state index is 10.7. The van der Waals surface area contributed by atoms with Gasteiger partial charge in [0.1, 0.15) is 6.26 Å². The van der Waals surface area contributed by atoms with Crippen LogP contribution in [0, 0.1) is 6.07 Å². The molecule has 69 valence electrons. The van der Waals surface area contributed by atoms with Gasteiger partial charge in [-0.05, 0) is 18.2 Å². The number of nitrogens with zero attached hydrogens (tertiary/aromatic N) is 1. The predicted octanol–water partition coefficient (Wildman–Crippen LogP) is 1.84. The molecule has 0 amide bonds. The average molecular weight is 188 g/mol. The van der Waals surface area contributed by atoms with Crippen molar-refractivity contribution in [3.05, 3.63) is 42.3 Å². The van der Waals surface area contributed by atoms with E-state index in [0.717, 1.165) is 0 Å². The third-order valence-corrected chi connectivity index (χ3v) is 1.71. The quantitative estimate of drug-likeness (QED) is 0.780. The Bertz CT molecular complexity index is 448. The second kappa shape index (κ2) is 3.33. The van der Waals surface area contributed by atoms with Crippen molar-refractivity contribution in [2.75, 3.05) is 0 Å². The molecule has 0 saturated heterocycles. The van der Waals surface area contributed by atoms with Crippen LogP contribution in [0.25, 0.3) is 11.5 Å². The lowest BCUT2D eigenvalue weighted by molar-refractivity contribution is 0.0697. The summed E-state index contributed by atoms with van der Waals surface area (Å²) >= 11 is 0. The Labute approximate surface area is 79.8 Å². The molecule has 1 heterocycles. The van der Waals surface area contributed by atoms with Crippen molar-refractivity contribution in [3.63, 3.8) is 0 Å². The van der Waals surface area contributed by atoms with Crippen molar-refractivity contribution in [3.8, 4) is 11.5 Å². The number of oxazole rings is 1. The second-order valence-corrected chi connectivity index (χ2v) is 2.63. The van der Waals surface area contributed by atoms with Crippen LogP contribution in [0.2, 0.25) is 0 Å². The Kier molecular flexibility index (Phi) is 2.02. The molecule has 0 saturated carbocycles. The molecule has 0 aliphatic heterocycles. The predicted molar refractivity (Wildman–Crippen MR) is 47.7 cm³/mol. The number of benzene rings is 1. The number of hydrogen-bond acceptors (Lipinski definition) is 3. The number of aromatic nitrogens is 1. The zero-order chi connectivity index (χ0) is 9.97. The lowest BCUT2D eigenvalue weighted by Gasteiger charge is -1.96. The third kappa shape index (κ3) is 1.50. The van der Waals surface area contributed by atoms with E-state index in [1.54, 1.807) is 0 Å². The van der Waals surface area contributed by atoms with Gasteiger partial charge in [-0.1, -0.05) is 6.07 Å². The zero-order valence-electron chi connectivity index (χ0n) is 7.10. The van der Waals surface area contributed by atoms with E-state index in [0.29, 0.717) is 11.5 Å². The highest BCUT2D eigenvalue weighted by atomic mass is 16.4. The van der Waals surface area contributed by atoms with Gasteiger partial charge in [-0.2, -0.15) is 0 Å². The van der Waals surface area contributed by atoms with Crippen LogP contribution in [0.5, 0.6) is 0 Å². The summed E-state index contributed by atoms with van der Waals surface area (Å²) in [6.45, 7) is 0. The van der Waals surface area contributed by atoms with Crippen LogP contribution in [0.15, 0.2) is 35.1 Å². The Morgan fingerprint density at radius 1 is 1.57 bits per heavy atom. The van der Waals surface area contributed by atoms with Gasteiger partial charge in [-0.15, -0.1) is 0 Å². The second-order valence-electron chi connectivity index (χ2n) is 2.63. The molecule has 0 bridgehead atoms. The van der Waals surface area contributed by atoms with E-state index >= 15 is 0 Å². The normalized spacial score (nSPS) is 10.0. The van der Waals surface area contributed by atoms with Gasteiger partial charge < -0.3 is 9.52 Å². The van der Waals surface area contributed by atoms with E-state index in [4.69, 9.17) is 9.52 Å². The van der Waals surface area contributed by atoms with Crippen molar-refractivity contribution in [2.45, 2.75) is 0 Å². The molecule has 1 N–H and O–H groups in total. The van der Waals surface area contributed by atoms with Crippen molar-refractivity contribution in [1.82, 2.24) is 4.98 Å².